The highest BCUT2D eigenvalue weighted by Gasteiger charge is 2.14. The normalized spacial score (nSPS) is 10.9. The van der Waals surface area contributed by atoms with Crippen LogP contribution in [0.25, 0.3) is 0 Å². The van der Waals surface area contributed by atoms with Crippen molar-refractivity contribution in [2.24, 2.45) is 0 Å². The van der Waals surface area contributed by atoms with Crippen LogP contribution in [0.1, 0.15) is 20.8 Å². The Bertz CT molecular complexity index is 436. The molecule has 4 heteroatoms. The summed E-state index contributed by atoms with van der Waals surface area (Å²) in [4.78, 5) is 0.207. The van der Waals surface area contributed by atoms with E-state index in [1.807, 2.05) is 13.8 Å². The zero-order chi connectivity index (χ0) is 12.6. The van der Waals surface area contributed by atoms with Crippen LogP contribution in [0.2, 0.25) is 0 Å². The predicted molar refractivity (Wildman–Crippen MR) is 69.1 cm³/mol. The first-order valence-corrected chi connectivity index (χ1v) is 6.91. The minimum Gasteiger partial charge on any atom is -0.398 e. The van der Waals surface area contributed by atoms with Gasteiger partial charge in [0, 0.05) is 0 Å². The van der Waals surface area contributed by atoms with E-state index in [9.17, 15) is 8.42 Å². The third-order valence-electron chi connectivity index (χ3n) is 1.81. The molecule has 2 N–H and O–H groups in total. The first-order valence-electron chi connectivity index (χ1n) is 5.26. The molecule has 1 rings (SSSR count). The van der Waals surface area contributed by atoms with Crippen LogP contribution in [-0.2, 0) is 9.84 Å². The number of allylic oxidation sites excluding steroid dienone is 1. The van der Waals surface area contributed by atoms with Gasteiger partial charge in [-0.15, -0.1) is 0 Å². The van der Waals surface area contributed by atoms with Crippen molar-refractivity contribution in [1.82, 2.24) is 0 Å². The summed E-state index contributed by atoms with van der Waals surface area (Å²) in [5, 5.41) is 0. The Morgan fingerprint density at radius 1 is 1.25 bits per heavy atom. The number of hydrogen-bond donors (Lipinski definition) is 1. The zero-order valence-corrected chi connectivity index (χ0v) is 10.8. The fourth-order valence-corrected chi connectivity index (χ4v) is 2.41. The molecule has 0 spiro atoms. The Morgan fingerprint density at radius 3 is 2.31 bits per heavy atom. The summed E-state index contributed by atoms with van der Waals surface area (Å²) in [6.07, 6.45) is 3.30. The molecule has 0 fully saturated rings. The van der Waals surface area contributed by atoms with Crippen LogP contribution in [0, 0.1) is 0 Å². The lowest BCUT2D eigenvalue weighted by Gasteiger charge is -2.04. The Morgan fingerprint density at radius 2 is 1.81 bits per heavy atom. The van der Waals surface area contributed by atoms with Gasteiger partial charge in [0.1, 0.15) is 0 Å². The predicted octanol–water partition coefficient (Wildman–Crippen LogP) is 2.64. The molecule has 0 radical (unpaired) electrons. The lowest BCUT2D eigenvalue weighted by Crippen LogP contribution is -2.07. The highest BCUT2D eigenvalue weighted by atomic mass is 32.2. The van der Waals surface area contributed by atoms with Gasteiger partial charge in [-0.2, -0.15) is 0 Å². The quantitative estimate of drug-likeness (QED) is 0.653. The van der Waals surface area contributed by atoms with E-state index in [1.54, 1.807) is 37.3 Å². The van der Waals surface area contributed by atoms with Crippen LogP contribution < -0.4 is 5.73 Å². The average Bonchev–Trinajstić information content (AvgIpc) is 2.29. The standard InChI is InChI=1S/C10H13NO2S.C2H6/c1-2-3-8-14(12,13)10-7-5-4-6-9(10)11;1-2/h2-7H,8,11H2,1H3;1-2H3/b3-2+;. The second-order valence-electron chi connectivity index (χ2n) is 2.89. The van der Waals surface area contributed by atoms with Gasteiger partial charge in [0.25, 0.3) is 0 Å². The monoisotopic (exact) mass is 241 g/mol. The molecule has 90 valence electrons. The van der Waals surface area contributed by atoms with Crippen LogP contribution in [0.4, 0.5) is 5.69 Å². The van der Waals surface area contributed by atoms with E-state index in [2.05, 4.69) is 0 Å². The van der Waals surface area contributed by atoms with Crippen LogP contribution in [0.3, 0.4) is 0 Å². The summed E-state index contributed by atoms with van der Waals surface area (Å²) in [7, 11) is -3.26. The van der Waals surface area contributed by atoms with Crippen molar-refractivity contribution in [3.63, 3.8) is 0 Å². The molecule has 0 aliphatic carbocycles. The molecule has 0 saturated carbocycles. The number of rotatable bonds is 3. The van der Waals surface area contributed by atoms with Gasteiger partial charge >= 0.3 is 0 Å². The maximum Gasteiger partial charge on any atom is 0.183 e. The average molecular weight is 241 g/mol. The van der Waals surface area contributed by atoms with Gasteiger partial charge in [-0.3, -0.25) is 0 Å². The van der Waals surface area contributed by atoms with Crippen molar-refractivity contribution < 1.29 is 8.42 Å². The molecular weight excluding hydrogens is 222 g/mol. The van der Waals surface area contributed by atoms with Gasteiger partial charge in [0.05, 0.1) is 16.3 Å². The SMILES string of the molecule is C/C=C/CS(=O)(=O)c1ccccc1N.CC. The molecule has 1 aromatic rings. The fourth-order valence-electron chi connectivity index (χ4n) is 1.08. The van der Waals surface area contributed by atoms with Crippen LogP contribution in [-0.4, -0.2) is 14.2 Å². The summed E-state index contributed by atoms with van der Waals surface area (Å²) in [5.74, 6) is -0.00227. The molecule has 0 heterocycles. The third-order valence-corrected chi connectivity index (χ3v) is 3.48. The Labute approximate surface area is 97.9 Å². The molecule has 16 heavy (non-hydrogen) atoms. The van der Waals surface area contributed by atoms with Gasteiger partial charge in [0.2, 0.25) is 0 Å². The van der Waals surface area contributed by atoms with Gasteiger partial charge in [0.15, 0.2) is 9.84 Å². The lowest BCUT2D eigenvalue weighted by atomic mass is 10.3. The molecule has 0 aromatic heterocycles. The second kappa shape index (κ2) is 7.06. The van der Waals surface area contributed by atoms with Crippen molar-refractivity contribution in [1.29, 1.82) is 0 Å². The second-order valence-corrected chi connectivity index (χ2v) is 4.89. The van der Waals surface area contributed by atoms with Crippen molar-refractivity contribution in [2.45, 2.75) is 25.7 Å². The largest absolute Gasteiger partial charge is 0.398 e. The topological polar surface area (TPSA) is 60.2 Å². The maximum atomic E-state index is 11.7. The molecule has 0 bridgehead atoms. The highest BCUT2D eigenvalue weighted by Crippen LogP contribution is 2.18. The number of nitrogens with two attached hydrogens (primary N) is 1. The zero-order valence-electron chi connectivity index (χ0n) is 9.97. The van der Waals surface area contributed by atoms with Gasteiger partial charge in [-0.1, -0.05) is 38.1 Å². The van der Waals surface area contributed by atoms with E-state index in [-0.39, 0.29) is 10.6 Å². The van der Waals surface area contributed by atoms with Crippen molar-refractivity contribution in [3.8, 4) is 0 Å². The van der Waals surface area contributed by atoms with Crippen molar-refractivity contribution in [2.75, 3.05) is 11.5 Å². The first kappa shape index (κ1) is 14.7. The molecule has 0 unspecified atom stereocenters. The van der Waals surface area contributed by atoms with Gasteiger partial charge in [-0.05, 0) is 19.1 Å². The molecule has 0 aliphatic rings. The summed E-state index contributed by atoms with van der Waals surface area (Å²) in [6.45, 7) is 5.78. The first-order chi connectivity index (χ1) is 7.58. The minimum absolute atomic E-state index is 0.00227. The van der Waals surface area contributed by atoms with Crippen LogP contribution >= 0.6 is 0 Å². The lowest BCUT2D eigenvalue weighted by molar-refractivity contribution is 0.599. The van der Waals surface area contributed by atoms with E-state index >= 15 is 0 Å². The fraction of sp³-hybridized carbons (Fsp3) is 0.333. The number of benzene rings is 1. The third kappa shape index (κ3) is 4.06. The minimum atomic E-state index is -3.26. The van der Waals surface area contributed by atoms with Crippen LogP contribution in [0.5, 0.6) is 0 Å². The summed E-state index contributed by atoms with van der Waals surface area (Å²) < 4.78 is 23.4. The number of nitrogen functional groups attached to an aromatic ring is 1. The number of para-hydroxylation sites is 1. The van der Waals surface area contributed by atoms with E-state index in [4.69, 9.17) is 5.73 Å². The Balaban J connectivity index is 0.00000106. The molecule has 0 atom stereocenters. The highest BCUT2D eigenvalue weighted by molar-refractivity contribution is 7.91. The summed E-state index contributed by atoms with van der Waals surface area (Å²) in [5.41, 5.74) is 5.88. The molecule has 3 nitrogen and oxygen atoms in total. The molecular formula is C12H19NO2S. The van der Waals surface area contributed by atoms with E-state index in [0.717, 1.165) is 0 Å². The molecule has 1 aromatic carbocycles. The molecule has 0 saturated heterocycles. The number of anilines is 1. The molecule has 0 aliphatic heterocycles. The maximum absolute atomic E-state index is 11.7. The smallest absolute Gasteiger partial charge is 0.183 e. The van der Waals surface area contributed by atoms with E-state index in [0.29, 0.717) is 5.69 Å². The summed E-state index contributed by atoms with van der Waals surface area (Å²) in [6, 6.07) is 6.49. The Kier molecular flexibility index (Phi) is 6.49. The summed E-state index contributed by atoms with van der Waals surface area (Å²) >= 11 is 0. The van der Waals surface area contributed by atoms with Gasteiger partial charge in [-0.25, -0.2) is 8.42 Å². The van der Waals surface area contributed by atoms with Crippen molar-refractivity contribution >= 4 is 15.5 Å². The van der Waals surface area contributed by atoms with Crippen molar-refractivity contribution in [3.05, 3.63) is 36.4 Å². The number of sulfone groups is 1. The number of hydrogen-bond acceptors (Lipinski definition) is 3. The van der Waals surface area contributed by atoms with Crippen LogP contribution in [0.15, 0.2) is 41.3 Å². The van der Waals surface area contributed by atoms with Gasteiger partial charge < -0.3 is 5.73 Å². The van der Waals surface area contributed by atoms with E-state index in [1.165, 1.54) is 6.07 Å². The molecule has 0 amide bonds. The Hall–Kier alpha value is -1.29. The van der Waals surface area contributed by atoms with E-state index < -0.39 is 9.84 Å².